The highest BCUT2D eigenvalue weighted by molar-refractivity contribution is 5.04. The topological polar surface area (TPSA) is 80.9 Å². The first-order valence-electron chi connectivity index (χ1n) is 7.43. The molecular weight excluding hydrogens is 244 g/mol. The van der Waals surface area contributed by atoms with Crippen LogP contribution in [-0.4, -0.2) is 45.3 Å². The number of aliphatic hydroxyl groups is 4. The van der Waals surface area contributed by atoms with Gasteiger partial charge in [-0.25, -0.2) is 0 Å². The van der Waals surface area contributed by atoms with Crippen molar-refractivity contribution in [3.8, 4) is 0 Å². The molecule has 0 spiro atoms. The molecule has 1 aliphatic carbocycles. The van der Waals surface area contributed by atoms with Crippen molar-refractivity contribution in [1.82, 2.24) is 0 Å². The van der Waals surface area contributed by atoms with Gasteiger partial charge < -0.3 is 20.4 Å². The lowest BCUT2D eigenvalue weighted by atomic mass is 9.90. The van der Waals surface area contributed by atoms with E-state index in [9.17, 15) is 15.3 Å². The largest absolute Gasteiger partial charge is 0.396 e. The first kappa shape index (κ1) is 16.6. The van der Waals surface area contributed by atoms with Gasteiger partial charge in [0, 0.05) is 18.9 Å². The minimum Gasteiger partial charge on any atom is -0.396 e. The van der Waals surface area contributed by atoms with Gasteiger partial charge in [-0.15, -0.1) is 0 Å². The van der Waals surface area contributed by atoms with Crippen LogP contribution in [0.2, 0.25) is 0 Å². The highest BCUT2D eigenvalue weighted by Gasteiger charge is 2.39. The van der Waals surface area contributed by atoms with Crippen molar-refractivity contribution in [3.05, 3.63) is 12.2 Å². The molecule has 4 N–H and O–H groups in total. The molecule has 1 saturated carbocycles. The fourth-order valence-electron chi connectivity index (χ4n) is 2.88. The summed E-state index contributed by atoms with van der Waals surface area (Å²) in [5.74, 6) is -0.276. The Hall–Kier alpha value is -0.420. The minimum absolute atomic E-state index is 0.0117. The SMILES string of the molecule is CCCCC[C@@H](O)/C=C/[C@H]1[C@H](CCO)[C@H](O)C[C@@H]1O. The molecule has 0 amide bonds. The lowest BCUT2D eigenvalue weighted by molar-refractivity contribution is 0.103. The van der Waals surface area contributed by atoms with E-state index in [-0.39, 0.29) is 18.4 Å². The van der Waals surface area contributed by atoms with Crippen molar-refractivity contribution in [1.29, 1.82) is 0 Å². The number of rotatable bonds is 8. The molecule has 4 nitrogen and oxygen atoms in total. The standard InChI is InChI=1S/C15H28O4/c1-2-3-4-5-11(17)6-7-12-13(8-9-16)15(19)10-14(12)18/h6-7,11-19H,2-5,8-10H2,1H3/b7-6+/t11-,12+,13+,14+,15-/m1/s1. The third kappa shape index (κ3) is 5.22. The molecule has 0 heterocycles. The Bertz CT molecular complexity index is 267. The van der Waals surface area contributed by atoms with Gasteiger partial charge in [0.15, 0.2) is 0 Å². The lowest BCUT2D eigenvalue weighted by Crippen LogP contribution is -2.22. The van der Waals surface area contributed by atoms with Crippen LogP contribution in [-0.2, 0) is 0 Å². The van der Waals surface area contributed by atoms with Gasteiger partial charge >= 0.3 is 0 Å². The maximum Gasteiger partial charge on any atom is 0.0721 e. The zero-order chi connectivity index (χ0) is 14.3. The summed E-state index contributed by atoms with van der Waals surface area (Å²) in [5, 5.41) is 38.6. The third-order valence-corrected chi connectivity index (χ3v) is 4.04. The average Bonchev–Trinajstić information content (AvgIpc) is 2.63. The van der Waals surface area contributed by atoms with Gasteiger partial charge in [-0.2, -0.15) is 0 Å². The second-order valence-electron chi connectivity index (χ2n) is 5.57. The second-order valence-corrected chi connectivity index (χ2v) is 5.57. The Labute approximate surface area is 115 Å². The van der Waals surface area contributed by atoms with E-state index in [1.165, 1.54) is 0 Å². The molecule has 0 bridgehead atoms. The van der Waals surface area contributed by atoms with Crippen molar-refractivity contribution in [2.24, 2.45) is 11.8 Å². The molecular formula is C15H28O4. The van der Waals surface area contributed by atoms with Crippen molar-refractivity contribution in [2.45, 2.75) is 63.8 Å². The first-order valence-corrected chi connectivity index (χ1v) is 7.43. The predicted octanol–water partition coefficient (Wildman–Crippen LogP) is 1.22. The van der Waals surface area contributed by atoms with Crippen LogP contribution in [0.15, 0.2) is 12.2 Å². The molecule has 0 aromatic carbocycles. The summed E-state index contributed by atoms with van der Waals surface area (Å²) in [6, 6.07) is 0. The summed E-state index contributed by atoms with van der Waals surface area (Å²) >= 11 is 0. The van der Waals surface area contributed by atoms with Crippen LogP contribution in [0.3, 0.4) is 0 Å². The van der Waals surface area contributed by atoms with Crippen LogP contribution in [0.1, 0.15) is 45.4 Å². The van der Waals surface area contributed by atoms with Gasteiger partial charge in [0.05, 0.1) is 18.3 Å². The Morgan fingerprint density at radius 3 is 2.58 bits per heavy atom. The van der Waals surface area contributed by atoms with Gasteiger partial charge in [0.1, 0.15) is 0 Å². The molecule has 19 heavy (non-hydrogen) atoms. The third-order valence-electron chi connectivity index (χ3n) is 4.04. The summed E-state index contributed by atoms with van der Waals surface area (Å²) in [6.07, 6.45) is 6.74. The molecule has 1 rings (SSSR count). The summed E-state index contributed by atoms with van der Waals surface area (Å²) in [4.78, 5) is 0. The van der Waals surface area contributed by atoms with Gasteiger partial charge in [-0.1, -0.05) is 38.3 Å². The van der Waals surface area contributed by atoms with E-state index in [0.29, 0.717) is 12.8 Å². The highest BCUT2D eigenvalue weighted by atomic mass is 16.3. The quantitative estimate of drug-likeness (QED) is 0.396. The first-order chi connectivity index (χ1) is 9.10. The smallest absolute Gasteiger partial charge is 0.0721 e. The number of hydrogen-bond donors (Lipinski definition) is 4. The van der Waals surface area contributed by atoms with Gasteiger partial charge in [-0.05, 0) is 18.8 Å². The van der Waals surface area contributed by atoms with E-state index in [2.05, 4.69) is 6.92 Å². The molecule has 112 valence electrons. The van der Waals surface area contributed by atoms with E-state index in [0.717, 1.165) is 25.7 Å². The van der Waals surface area contributed by atoms with Crippen molar-refractivity contribution < 1.29 is 20.4 Å². The molecule has 0 radical (unpaired) electrons. The van der Waals surface area contributed by atoms with E-state index in [1.807, 2.05) is 6.08 Å². The molecule has 0 aromatic heterocycles. The van der Waals surface area contributed by atoms with Crippen LogP contribution < -0.4 is 0 Å². The molecule has 0 aromatic rings. The average molecular weight is 272 g/mol. The summed E-state index contributed by atoms with van der Waals surface area (Å²) in [5.41, 5.74) is 0. The molecule has 4 heteroatoms. The molecule has 0 saturated heterocycles. The normalized spacial score (nSPS) is 33.1. The highest BCUT2D eigenvalue weighted by Crippen LogP contribution is 2.35. The van der Waals surface area contributed by atoms with Crippen LogP contribution >= 0.6 is 0 Å². The second kappa shape index (κ2) is 8.69. The Morgan fingerprint density at radius 2 is 1.95 bits per heavy atom. The van der Waals surface area contributed by atoms with E-state index < -0.39 is 18.3 Å². The van der Waals surface area contributed by atoms with E-state index in [4.69, 9.17) is 5.11 Å². The molecule has 0 aliphatic heterocycles. The Morgan fingerprint density at radius 1 is 1.21 bits per heavy atom. The maximum atomic E-state index is 9.91. The van der Waals surface area contributed by atoms with Crippen LogP contribution in [0, 0.1) is 11.8 Å². The molecule has 1 fully saturated rings. The summed E-state index contributed by atoms with van der Waals surface area (Å²) in [7, 11) is 0. The van der Waals surface area contributed by atoms with Gasteiger partial charge in [-0.3, -0.25) is 0 Å². The summed E-state index contributed by atoms with van der Waals surface area (Å²) < 4.78 is 0. The Balaban J connectivity index is 2.47. The van der Waals surface area contributed by atoms with Crippen LogP contribution in [0.5, 0.6) is 0 Å². The minimum atomic E-state index is -0.578. The van der Waals surface area contributed by atoms with Crippen molar-refractivity contribution in [3.63, 3.8) is 0 Å². The van der Waals surface area contributed by atoms with Crippen molar-refractivity contribution in [2.75, 3.05) is 6.61 Å². The number of aliphatic hydroxyl groups excluding tert-OH is 4. The molecule has 0 unspecified atom stereocenters. The van der Waals surface area contributed by atoms with E-state index >= 15 is 0 Å². The molecule has 1 aliphatic rings. The van der Waals surface area contributed by atoms with Gasteiger partial charge in [0.2, 0.25) is 0 Å². The predicted molar refractivity (Wildman–Crippen MR) is 74.6 cm³/mol. The van der Waals surface area contributed by atoms with Gasteiger partial charge in [0.25, 0.3) is 0 Å². The fraction of sp³-hybridized carbons (Fsp3) is 0.867. The maximum absolute atomic E-state index is 9.91. The van der Waals surface area contributed by atoms with Crippen LogP contribution in [0.25, 0.3) is 0 Å². The zero-order valence-corrected chi connectivity index (χ0v) is 11.8. The number of unbranched alkanes of at least 4 members (excludes halogenated alkanes) is 2. The zero-order valence-electron chi connectivity index (χ0n) is 11.8. The lowest BCUT2D eigenvalue weighted by Gasteiger charge is -2.20. The Kier molecular flexibility index (Phi) is 7.61. The number of hydrogen-bond acceptors (Lipinski definition) is 4. The molecule has 5 atom stereocenters. The van der Waals surface area contributed by atoms with Crippen LogP contribution in [0.4, 0.5) is 0 Å². The fourth-order valence-corrected chi connectivity index (χ4v) is 2.88. The summed E-state index contributed by atoms with van der Waals surface area (Å²) in [6.45, 7) is 2.13. The van der Waals surface area contributed by atoms with E-state index in [1.54, 1.807) is 6.08 Å². The monoisotopic (exact) mass is 272 g/mol. The van der Waals surface area contributed by atoms with Crippen molar-refractivity contribution >= 4 is 0 Å².